The molecule has 3 nitrogen and oxygen atoms in total. The molecule has 0 aromatic heterocycles. The van der Waals surface area contributed by atoms with E-state index in [0.29, 0.717) is 6.42 Å². The van der Waals surface area contributed by atoms with E-state index in [-0.39, 0.29) is 4.91 Å². The van der Waals surface area contributed by atoms with Gasteiger partial charge in [0.15, 0.2) is 0 Å². The van der Waals surface area contributed by atoms with Crippen LogP contribution in [0.15, 0.2) is 10.5 Å². The summed E-state index contributed by atoms with van der Waals surface area (Å²) < 4.78 is 29.7. The maximum absolute atomic E-state index is 10.5. The molecule has 0 spiro atoms. The van der Waals surface area contributed by atoms with Crippen molar-refractivity contribution in [2.24, 2.45) is 0 Å². The van der Waals surface area contributed by atoms with Crippen LogP contribution in [0.1, 0.15) is 33.6 Å². The zero-order chi connectivity index (χ0) is 9.07. The molecule has 0 aliphatic carbocycles. The highest BCUT2D eigenvalue weighted by Crippen LogP contribution is 2.13. The van der Waals surface area contributed by atoms with Crippen molar-refractivity contribution in [1.82, 2.24) is 0 Å². The lowest BCUT2D eigenvalue weighted by Crippen LogP contribution is -2.00. The lowest BCUT2D eigenvalue weighted by Gasteiger charge is -2.01. The van der Waals surface area contributed by atoms with E-state index in [0.717, 1.165) is 12.0 Å². The van der Waals surface area contributed by atoms with E-state index >= 15 is 0 Å². The zero-order valence-electron chi connectivity index (χ0n) is 7.09. The smallest absolute Gasteiger partial charge is 0.282 e. The van der Waals surface area contributed by atoms with E-state index in [2.05, 4.69) is 0 Å². The summed E-state index contributed by atoms with van der Waals surface area (Å²) >= 11 is 0. The summed E-state index contributed by atoms with van der Waals surface area (Å²) in [5.41, 5.74) is 0.731. The molecular weight excluding hydrogens is 164 g/mol. The van der Waals surface area contributed by atoms with Crippen molar-refractivity contribution in [1.29, 1.82) is 0 Å². The first-order valence-corrected chi connectivity index (χ1v) is 4.97. The molecule has 0 atom stereocenters. The maximum atomic E-state index is 10.5. The van der Waals surface area contributed by atoms with Crippen LogP contribution >= 0.6 is 0 Å². The van der Waals surface area contributed by atoms with Gasteiger partial charge in [0, 0.05) is 0 Å². The normalized spacial score (nSPS) is 14.5. The van der Waals surface area contributed by atoms with Crippen LogP contribution in [0.2, 0.25) is 0 Å². The van der Waals surface area contributed by atoms with Crippen LogP contribution in [0, 0.1) is 0 Å². The topological polar surface area (TPSA) is 54.4 Å². The van der Waals surface area contributed by atoms with Gasteiger partial charge in [0.05, 0.1) is 4.91 Å². The van der Waals surface area contributed by atoms with Crippen molar-refractivity contribution in [2.75, 3.05) is 0 Å². The summed E-state index contributed by atoms with van der Waals surface area (Å²) in [4.78, 5) is 0.0827. The Balaban J connectivity index is 4.68. The van der Waals surface area contributed by atoms with Crippen LogP contribution in [0.25, 0.3) is 0 Å². The van der Waals surface area contributed by atoms with Crippen LogP contribution in [0.4, 0.5) is 0 Å². The van der Waals surface area contributed by atoms with E-state index in [1.165, 1.54) is 6.92 Å². The van der Waals surface area contributed by atoms with Gasteiger partial charge in [0.1, 0.15) is 0 Å². The molecule has 66 valence electrons. The molecule has 0 saturated carbocycles. The van der Waals surface area contributed by atoms with E-state index in [4.69, 9.17) is 4.55 Å². The van der Waals surface area contributed by atoms with Crippen molar-refractivity contribution < 1.29 is 13.0 Å². The molecule has 0 aromatic carbocycles. The minimum atomic E-state index is -3.94. The highest BCUT2D eigenvalue weighted by atomic mass is 32.2. The molecule has 0 rings (SSSR count). The average Bonchev–Trinajstić information content (AvgIpc) is 1.85. The Kier molecular flexibility index (Phi) is 3.75. The predicted molar refractivity (Wildman–Crippen MR) is 44.8 cm³/mol. The molecular formula is C7H14O3S. The molecule has 0 aromatic rings. The van der Waals surface area contributed by atoms with Gasteiger partial charge in [0.25, 0.3) is 10.1 Å². The number of hydrogen-bond acceptors (Lipinski definition) is 2. The summed E-state index contributed by atoms with van der Waals surface area (Å²) in [6.07, 6.45) is 1.60. The van der Waals surface area contributed by atoms with Crippen LogP contribution in [0.5, 0.6) is 0 Å². The third-order valence-electron chi connectivity index (χ3n) is 1.61. The summed E-state index contributed by atoms with van der Waals surface area (Å²) in [7, 11) is -3.94. The lowest BCUT2D eigenvalue weighted by atomic mass is 10.2. The Labute approximate surface area is 67.9 Å². The highest BCUT2D eigenvalue weighted by Gasteiger charge is 2.10. The van der Waals surface area contributed by atoms with Gasteiger partial charge in [-0.1, -0.05) is 18.9 Å². The van der Waals surface area contributed by atoms with Crippen LogP contribution in [-0.2, 0) is 10.1 Å². The van der Waals surface area contributed by atoms with Crippen molar-refractivity contribution in [3.8, 4) is 0 Å². The Morgan fingerprint density at radius 2 is 1.82 bits per heavy atom. The van der Waals surface area contributed by atoms with Gasteiger partial charge in [-0.05, 0) is 20.3 Å². The second-order valence-corrected chi connectivity index (χ2v) is 4.12. The Morgan fingerprint density at radius 3 is 2.09 bits per heavy atom. The van der Waals surface area contributed by atoms with Gasteiger partial charge in [0.2, 0.25) is 0 Å². The van der Waals surface area contributed by atoms with Crippen LogP contribution < -0.4 is 0 Å². The summed E-state index contributed by atoms with van der Waals surface area (Å²) in [6.45, 7) is 5.09. The van der Waals surface area contributed by atoms with Gasteiger partial charge in [-0.25, -0.2) is 0 Å². The highest BCUT2D eigenvalue weighted by molar-refractivity contribution is 7.89. The number of rotatable bonds is 3. The maximum Gasteiger partial charge on any atom is 0.290 e. The summed E-state index contributed by atoms with van der Waals surface area (Å²) in [5, 5.41) is 0. The molecule has 0 unspecified atom stereocenters. The number of allylic oxidation sites excluding steroid dienone is 2. The minimum Gasteiger partial charge on any atom is -0.282 e. The van der Waals surface area contributed by atoms with Crippen molar-refractivity contribution in [3.63, 3.8) is 0 Å². The Morgan fingerprint density at radius 1 is 1.36 bits per heavy atom. The minimum absolute atomic E-state index is 0.0827. The van der Waals surface area contributed by atoms with Gasteiger partial charge >= 0.3 is 0 Å². The summed E-state index contributed by atoms with van der Waals surface area (Å²) in [5.74, 6) is 0. The van der Waals surface area contributed by atoms with E-state index in [1.807, 2.05) is 6.92 Å². The quantitative estimate of drug-likeness (QED) is 0.672. The molecule has 1 N–H and O–H groups in total. The van der Waals surface area contributed by atoms with Crippen molar-refractivity contribution in [3.05, 3.63) is 10.5 Å². The SMILES string of the molecule is CCCC(C)=C(C)S(=O)(=O)O. The first-order valence-electron chi connectivity index (χ1n) is 3.53. The van der Waals surface area contributed by atoms with E-state index in [9.17, 15) is 8.42 Å². The van der Waals surface area contributed by atoms with E-state index in [1.54, 1.807) is 6.92 Å². The molecule has 0 radical (unpaired) electrons. The predicted octanol–water partition coefficient (Wildman–Crippen LogP) is 1.97. The molecule has 0 saturated heterocycles. The second-order valence-electron chi connectivity index (χ2n) is 2.56. The average molecular weight is 178 g/mol. The molecule has 0 amide bonds. The number of hydrogen-bond donors (Lipinski definition) is 1. The molecule has 0 heterocycles. The first-order chi connectivity index (χ1) is 4.89. The molecule has 4 heteroatoms. The van der Waals surface area contributed by atoms with Gasteiger partial charge in [-0.3, -0.25) is 4.55 Å². The van der Waals surface area contributed by atoms with Crippen molar-refractivity contribution >= 4 is 10.1 Å². The summed E-state index contributed by atoms with van der Waals surface area (Å²) in [6, 6.07) is 0. The lowest BCUT2D eigenvalue weighted by molar-refractivity contribution is 0.490. The third-order valence-corrected chi connectivity index (χ3v) is 2.74. The van der Waals surface area contributed by atoms with Gasteiger partial charge < -0.3 is 0 Å². The van der Waals surface area contributed by atoms with Gasteiger partial charge in [-0.2, -0.15) is 8.42 Å². The zero-order valence-corrected chi connectivity index (χ0v) is 7.90. The molecule has 0 aliphatic rings. The second kappa shape index (κ2) is 3.88. The Hall–Kier alpha value is -0.350. The molecule has 0 bridgehead atoms. The Bertz CT molecular complexity index is 249. The standard InChI is InChI=1S/C7H14O3S/c1-4-5-6(2)7(3)11(8,9)10/h4-5H2,1-3H3,(H,8,9,10). The largest absolute Gasteiger partial charge is 0.290 e. The fourth-order valence-corrected chi connectivity index (χ4v) is 1.31. The molecule has 0 aliphatic heterocycles. The fourth-order valence-electron chi connectivity index (χ4n) is 0.771. The van der Waals surface area contributed by atoms with Crippen LogP contribution in [-0.4, -0.2) is 13.0 Å². The van der Waals surface area contributed by atoms with Crippen LogP contribution in [0.3, 0.4) is 0 Å². The monoisotopic (exact) mass is 178 g/mol. The van der Waals surface area contributed by atoms with E-state index < -0.39 is 10.1 Å². The third kappa shape index (κ3) is 3.53. The molecule has 0 fully saturated rings. The fraction of sp³-hybridized carbons (Fsp3) is 0.714. The first kappa shape index (κ1) is 10.7. The van der Waals surface area contributed by atoms with Gasteiger partial charge in [-0.15, -0.1) is 0 Å². The molecule has 11 heavy (non-hydrogen) atoms. The van der Waals surface area contributed by atoms with Crippen molar-refractivity contribution in [2.45, 2.75) is 33.6 Å².